The normalized spacial score (nSPS) is 16.3. The Morgan fingerprint density at radius 2 is 2.08 bits per heavy atom. The van der Waals surface area contributed by atoms with Gasteiger partial charge in [0.15, 0.2) is 0 Å². The molecule has 0 amide bonds. The molecule has 134 valence electrons. The lowest BCUT2D eigenvalue weighted by Crippen LogP contribution is -2.18. The molecule has 0 fully saturated rings. The van der Waals surface area contributed by atoms with Crippen LogP contribution in [0.25, 0.3) is 16.6 Å². The molecule has 0 atom stereocenters. The van der Waals surface area contributed by atoms with Crippen LogP contribution in [0.2, 0.25) is 0 Å². The number of nitrogens with zero attached hydrogens (tertiary/aromatic N) is 2. The van der Waals surface area contributed by atoms with Crippen molar-refractivity contribution in [2.24, 2.45) is 0 Å². The second-order valence-electron chi connectivity index (χ2n) is 5.74. The molecular weight excluding hydrogens is 328 g/mol. The number of phenolic OH excluding ortho intramolecular Hbond substituents is 1. The van der Waals surface area contributed by atoms with E-state index in [0.717, 1.165) is 22.5 Å². The summed E-state index contributed by atoms with van der Waals surface area (Å²) in [7, 11) is 0. The van der Waals surface area contributed by atoms with Crippen molar-refractivity contribution in [3.8, 4) is 5.75 Å². The van der Waals surface area contributed by atoms with Crippen LogP contribution < -0.4 is 0 Å². The van der Waals surface area contributed by atoms with E-state index in [4.69, 9.17) is 9.84 Å². The number of benzene rings is 1. The zero-order valence-corrected chi connectivity index (χ0v) is 14.9. The summed E-state index contributed by atoms with van der Waals surface area (Å²) in [4.78, 5) is 6.67. The summed E-state index contributed by atoms with van der Waals surface area (Å²) in [6.45, 7) is 4.14. The van der Waals surface area contributed by atoms with Crippen LogP contribution in [0.3, 0.4) is 0 Å². The maximum absolute atomic E-state index is 10.1. The van der Waals surface area contributed by atoms with Gasteiger partial charge in [-0.2, -0.15) is 0 Å². The van der Waals surface area contributed by atoms with Crippen LogP contribution in [0.4, 0.5) is 0 Å². The van der Waals surface area contributed by atoms with Crippen LogP contribution in [0.1, 0.15) is 19.5 Å². The number of para-hydroxylation sites is 1. The van der Waals surface area contributed by atoms with Gasteiger partial charge < -0.3 is 19.8 Å². The summed E-state index contributed by atoms with van der Waals surface area (Å²) in [6.07, 6.45) is 9.64. The van der Waals surface area contributed by atoms with Gasteiger partial charge in [-0.05, 0) is 32.1 Å². The highest BCUT2D eigenvalue weighted by atomic mass is 16.5. The van der Waals surface area contributed by atoms with Gasteiger partial charge in [-0.15, -0.1) is 0 Å². The van der Waals surface area contributed by atoms with Crippen LogP contribution in [0.5, 0.6) is 5.75 Å². The Morgan fingerprint density at radius 3 is 2.81 bits per heavy atom. The minimum absolute atomic E-state index is 0.0231. The molecule has 5 nitrogen and oxygen atoms in total. The molecule has 5 heteroatoms. The van der Waals surface area contributed by atoms with Crippen molar-refractivity contribution in [1.82, 2.24) is 9.88 Å². The number of aliphatic hydroxyl groups is 1. The van der Waals surface area contributed by atoms with Gasteiger partial charge in [0, 0.05) is 23.4 Å². The maximum Gasteiger partial charge on any atom is 0.141 e. The summed E-state index contributed by atoms with van der Waals surface area (Å²) in [5.41, 5.74) is 3.18. The van der Waals surface area contributed by atoms with Gasteiger partial charge in [-0.25, -0.2) is 4.98 Å². The molecule has 3 rings (SSSR count). The molecule has 2 aromatic rings. The number of phenols is 1. The van der Waals surface area contributed by atoms with E-state index in [0.29, 0.717) is 11.3 Å². The van der Waals surface area contributed by atoms with Crippen LogP contribution in [0.15, 0.2) is 72.3 Å². The summed E-state index contributed by atoms with van der Waals surface area (Å²) < 4.78 is 5.49. The molecule has 1 aliphatic heterocycles. The monoisotopic (exact) mass is 350 g/mol. The highest BCUT2D eigenvalue weighted by molar-refractivity contribution is 5.86. The number of allylic oxidation sites excluding steroid dienone is 4. The zero-order valence-electron chi connectivity index (χ0n) is 14.9. The van der Waals surface area contributed by atoms with Crippen LogP contribution in [-0.2, 0) is 4.74 Å². The third-order valence-corrected chi connectivity index (χ3v) is 4.11. The Labute approximate surface area is 152 Å². The van der Waals surface area contributed by atoms with Gasteiger partial charge in [0.05, 0.1) is 18.0 Å². The first-order valence-electron chi connectivity index (χ1n) is 8.52. The standard InChI is InChI=1S/C21H22N2O3/c1-3-16-14-17(26-13-12-24)10-11-23(16)19(4-2)18-9-8-15-6-5-7-20(25)21(15)22-18/h3-11,14,24-25H,12-13H2,1-2H3/b16-3-,19-4-. The first-order valence-corrected chi connectivity index (χ1v) is 8.52. The molecule has 0 unspecified atom stereocenters. The van der Waals surface area contributed by atoms with Gasteiger partial charge in [0.25, 0.3) is 0 Å². The topological polar surface area (TPSA) is 65.8 Å². The predicted molar refractivity (Wildman–Crippen MR) is 103 cm³/mol. The van der Waals surface area contributed by atoms with Gasteiger partial charge in [-0.3, -0.25) is 0 Å². The highest BCUT2D eigenvalue weighted by Gasteiger charge is 2.17. The zero-order chi connectivity index (χ0) is 18.5. The highest BCUT2D eigenvalue weighted by Crippen LogP contribution is 2.30. The minimum atomic E-state index is -0.0231. The SMILES string of the molecule is C/C=C1/C=C(OCCO)C=CN1/C(=C\C)c1ccc2cccc(O)c2n1. The first-order chi connectivity index (χ1) is 12.7. The van der Waals surface area contributed by atoms with Crippen molar-refractivity contribution in [2.75, 3.05) is 13.2 Å². The third kappa shape index (κ3) is 3.48. The number of aromatic hydroxyl groups is 1. The number of hydrogen-bond acceptors (Lipinski definition) is 5. The Morgan fingerprint density at radius 1 is 1.23 bits per heavy atom. The third-order valence-electron chi connectivity index (χ3n) is 4.11. The Kier molecular flexibility index (Phi) is 5.39. The maximum atomic E-state index is 10.1. The fourth-order valence-electron chi connectivity index (χ4n) is 2.88. The molecule has 0 aliphatic carbocycles. The summed E-state index contributed by atoms with van der Waals surface area (Å²) in [6, 6.07) is 9.27. The van der Waals surface area contributed by atoms with E-state index in [-0.39, 0.29) is 19.0 Å². The van der Waals surface area contributed by atoms with Gasteiger partial charge in [0.1, 0.15) is 23.6 Å². The Bertz CT molecular complexity index is 926. The molecular formula is C21H22N2O3. The van der Waals surface area contributed by atoms with Gasteiger partial charge in [-0.1, -0.05) is 30.4 Å². The quantitative estimate of drug-likeness (QED) is 0.855. The molecule has 0 spiro atoms. The molecule has 0 bridgehead atoms. The number of fused-ring (bicyclic) bond motifs is 1. The summed E-state index contributed by atoms with van der Waals surface area (Å²) in [5, 5.41) is 19.9. The molecule has 0 saturated carbocycles. The number of pyridine rings is 1. The van der Waals surface area contributed by atoms with E-state index in [1.165, 1.54) is 0 Å². The average Bonchev–Trinajstić information content (AvgIpc) is 2.68. The van der Waals surface area contributed by atoms with E-state index in [9.17, 15) is 5.11 Å². The summed E-state index contributed by atoms with van der Waals surface area (Å²) in [5.74, 6) is 0.864. The fraction of sp³-hybridized carbons (Fsp3) is 0.190. The van der Waals surface area contributed by atoms with E-state index in [1.54, 1.807) is 12.1 Å². The molecule has 0 saturated heterocycles. The van der Waals surface area contributed by atoms with Gasteiger partial charge >= 0.3 is 0 Å². The van der Waals surface area contributed by atoms with E-state index < -0.39 is 0 Å². The minimum Gasteiger partial charge on any atom is -0.506 e. The molecule has 0 radical (unpaired) electrons. The number of rotatable bonds is 5. The molecule has 26 heavy (non-hydrogen) atoms. The largest absolute Gasteiger partial charge is 0.506 e. The predicted octanol–water partition coefficient (Wildman–Crippen LogP) is 3.93. The number of aromatic nitrogens is 1. The Hall–Kier alpha value is -3.05. The smallest absolute Gasteiger partial charge is 0.141 e. The Balaban J connectivity index is 1.96. The molecule has 1 aliphatic rings. The van der Waals surface area contributed by atoms with Crippen molar-refractivity contribution >= 4 is 16.6 Å². The van der Waals surface area contributed by atoms with E-state index in [1.807, 2.05) is 67.5 Å². The number of hydrogen-bond donors (Lipinski definition) is 2. The molecule has 2 heterocycles. The van der Waals surface area contributed by atoms with Crippen molar-refractivity contribution in [2.45, 2.75) is 13.8 Å². The summed E-state index contributed by atoms with van der Waals surface area (Å²) >= 11 is 0. The van der Waals surface area contributed by atoms with E-state index in [2.05, 4.69) is 4.98 Å². The number of ether oxygens (including phenoxy) is 1. The molecule has 1 aromatic heterocycles. The lowest BCUT2D eigenvalue weighted by Gasteiger charge is -2.27. The van der Waals surface area contributed by atoms with Gasteiger partial charge in [0.2, 0.25) is 0 Å². The van der Waals surface area contributed by atoms with E-state index >= 15 is 0 Å². The lowest BCUT2D eigenvalue weighted by atomic mass is 10.1. The molecule has 2 N–H and O–H groups in total. The van der Waals surface area contributed by atoms with Crippen molar-refractivity contribution < 1.29 is 14.9 Å². The van der Waals surface area contributed by atoms with Crippen molar-refractivity contribution in [3.63, 3.8) is 0 Å². The molecule has 1 aromatic carbocycles. The lowest BCUT2D eigenvalue weighted by molar-refractivity contribution is 0.151. The van der Waals surface area contributed by atoms with Crippen LogP contribution in [-0.4, -0.2) is 33.3 Å². The average molecular weight is 350 g/mol. The van der Waals surface area contributed by atoms with Crippen molar-refractivity contribution in [3.05, 3.63) is 78.0 Å². The van der Waals surface area contributed by atoms with Crippen LogP contribution in [0, 0.1) is 0 Å². The second kappa shape index (κ2) is 7.89. The van der Waals surface area contributed by atoms with Crippen LogP contribution >= 0.6 is 0 Å². The second-order valence-corrected chi connectivity index (χ2v) is 5.74. The number of aliphatic hydroxyl groups excluding tert-OH is 1. The fourth-order valence-corrected chi connectivity index (χ4v) is 2.88. The first kappa shape index (κ1) is 17.8. The van der Waals surface area contributed by atoms with Crippen molar-refractivity contribution in [1.29, 1.82) is 0 Å².